The van der Waals surface area contributed by atoms with E-state index in [1.165, 1.54) is 60.7 Å². The first-order valence-electron chi connectivity index (χ1n) is 15.9. The second-order valence-corrected chi connectivity index (χ2v) is 16.3. The summed E-state index contributed by atoms with van der Waals surface area (Å²) in [5.74, 6) is -0.422. The van der Waals surface area contributed by atoms with Crippen LogP contribution in [0, 0.1) is 0 Å². The van der Waals surface area contributed by atoms with Crippen molar-refractivity contribution in [1.29, 1.82) is 0 Å². The minimum atomic E-state index is -4.75. The molecule has 0 saturated carbocycles. The van der Waals surface area contributed by atoms with Gasteiger partial charge in [-0.3, -0.25) is 13.7 Å². The van der Waals surface area contributed by atoms with Gasteiger partial charge in [-0.2, -0.15) is 30.4 Å². The number of aromatic hydroxyl groups is 1. The Morgan fingerprint density at radius 3 is 1.25 bits per heavy atom. The maximum Gasteiger partial charge on any atom is 0.295 e. The maximum absolute atomic E-state index is 12.2. The number of anilines is 1. The summed E-state index contributed by atoms with van der Waals surface area (Å²) < 4.78 is 102. The number of benzene rings is 7. The first-order chi connectivity index (χ1) is 26.5. The van der Waals surface area contributed by atoms with Crippen molar-refractivity contribution < 1.29 is 44.0 Å². The van der Waals surface area contributed by atoms with Crippen LogP contribution in [-0.2, 0) is 30.4 Å². The van der Waals surface area contributed by atoms with Crippen molar-refractivity contribution in [2.45, 2.75) is 14.7 Å². The molecule has 0 saturated heterocycles. The van der Waals surface area contributed by atoms with Crippen LogP contribution in [0.3, 0.4) is 0 Å². The van der Waals surface area contributed by atoms with Crippen LogP contribution in [0.2, 0.25) is 0 Å². The number of phenols is 1. The van der Waals surface area contributed by atoms with Crippen molar-refractivity contribution in [3.05, 3.63) is 115 Å². The van der Waals surface area contributed by atoms with Crippen molar-refractivity contribution in [3.8, 4) is 5.75 Å². The molecule has 0 bridgehead atoms. The first-order valence-corrected chi connectivity index (χ1v) is 20.2. The number of azo groups is 3. The third-order valence-corrected chi connectivity index (χ3v) is 11.0. The van der Waals surface area contributed by atoms with Crippen LogP contribution in [0.1, 0.15) is 0 Å². The van der Waals surface area contributed by atoms with Gasteiger partial charge < -0.3 is 10.8 Å². The number of nitrogen functional groups attached to an aromatic ring is 1. The second-order valence-electron chi connectivity index (χ2n) is 12.0. The van der Waals surface area contributed by atoms with Crippen molar-refractivity contribution in [2.24, 2.45) is 30.7 Å². The zero-order valence-corrected chi connectivity index (χ0v) is 39.6. The van der Waals surface area contributed by atoms with E-state index in [1.807, 2.05) is 0 Å². The minimum Gasteiger partial charge on any atom is -0.505 e. The average molecular weight is 881 g/mol. The number of rotatable bonds is 9. The molecule has 7 aromatic carbocycles. The zero-order valence-electron chi connectivity index (χ0n) is 31.2. The molecule has 17 nitrogen and oxygen atoms in total. The van der Waals surface area contributed by atoms with Gasteiger partial charge in [0, 0.05) is 127 Å². The zero-order chi connectivity index (χ0) is 40.0. The van der Waals surface area contributed by atoms with Gasteiger partial charge in [0.25, 0.3) is 30.4 Å². The Hall–Kier alpha value is -3.55. The summed E-state index contributed by atoms with van der Waals surface area (Å²) in [7, 11) is -14.1. The van der Waals surface area contributed by atoms with Gasteiger partial charge in [0.2, 0.25) is 0 Å². The minimum absolute atomic E-state index is 0. The monoisotopic (exact) mass is 880 g/mol. The number of phenolic OH excluding ortho intramolecular Hbond substituents is 1. The quantitative estimate of drug-likeness (QED) is 0.0398. The predicted molar refractivity (Wildman–Crippen MR) is 224 cm³/mol. The van der Waals surface area contributed by atoms with Crippen LogP contribution in [0.4, 0.5) is 39.8 Å². The van der Waals surface area contributed by atoms with Crippen molar-refractivity contribution in [2.75, 3.05) is 5.73 Å². The van der Waals surface area contributed by atoms with Crippen LogP contribution in [0.25, 0.3) is 32.3 Å². The molecule has 7 rings (SSSR count). The Labute approximate surface area is 402 Å². The van der Waals surface area contributed by atoms with E-state index in [0.717, 1.165) is 24.3 Å². The molecule has 0 aromatic heterocycles. The van der Waals surface area contributed by atoms with Crippen LogP contribution in [0.15, 0.2) is 161 Å². The molecule has 0 unspecified atom stereocenters. The van der Waals surface area contributed by atoms with Crippen molar-refractivity contribution >= 4 is 191 Å². The van der Waals surface area contributed by atoms with E-state index in [9.17, 15) is 44.0 Å². The fraction of sp³-hybridized carbons (Fsp3) is 0. The van der Waals surface area contributed by atoms with Gasteiger partial charge in [-0.1, -0.05) is 36.4 Å². The molecule has 6 N–H and O–H groups in total. The number of hydrogen-bond donors (Lipinski definition) is 5. The van der Waals surface area contributed by atoms with Crippen LogP contribution in [-0.4, -0.2) is 133 Å². The molecule has 0 aliphatic heterocycles. The van der Waals surface area contributed by atoms with E-state index >= 15 is 0 Å². The Kier molecular flexibility index (Phi) is 15.5. The van der Waals surface area contributed by atoms with Gasteiger partial charge in [-0.15, -0.1) is 25.6 Å². The normalized spacial score (nSPS) is 12.3. The van der Waals surface area contributed by atoms with E-state index < -0.39 is 50.8 Å². The smallest absolute Gasteiger partial charge is 0.295 e. The van der Waals surface area contributed by atoms with E-state index in [1.54, 1.807) is 30.3 Å². The predicted octanol–water partition coefficient (Wildman–Crippen LogP) is 8.28. The van der Waals surface area contributed by atoms with E-state index in [2.05, 4.69) is 30.7 Å². The molecule has 0 fully saturated rings. The maximum atomic E-state index is 12.2. The van der Waals surface area contributed by atoms with Gasteiger partial charge in [-0.25, -0.2) is 0 Å². The summed E-state index contributed by atoms with van der Waals surface area (Å²) in [4.78, 5) is -1.42. The Morgan fingerprint density at radius 2 is 0.814 bits per heavy atom. The molecule has 0 spiro atoms. The average Bonchev–Trinajstić information content (AvgIpc) is 3.15. The van der Waals surface area contributed by atoms with E-state index in [4.69, 9.17) is 5.73 Å². The van der Waals surface area contributed by atoms with E-state index in [-0.39, 0.29) is 144 Å². The third kappa shape index (κ3) is 10.7. The molecule has 3 radical (unpaired) electrons. The van der Waals surface area contributed by atoms with Gasteiger partial charge >= 0.3 is 0 Å². The third-order valence-electron chi connectivity index (χ3n) is 8.41. The Morgan fingerprint density at radius 1 is 0.407 bits per heavy atom. The Bertz CT molecular complexity index is 3210. The molecule has 0 atom stereocenters. The molecule has 285 valence electrons. The SMILES string of the molecule is Nc1ccc(N=Nc2ccc(N=Nc3ccc(N=Nc4cc(S(=O)(=O)O)c5ccccc5c4O)c4ccc(S(=O)(=O)O)cc34)c3ccc(S(=O)(=O)O)cc23)cc1.[Na].[Na].[Na]. The molecule has 23 heteroatoms. The molecule has 59 heavy (non-hydrogen) atoms. The number of fused-ring (bicyclic) bond motifs is 3. The van der Waals surface area contributed by atoms with Gasteiger partial charge in [0.15, 0.2) is 5.75 Å². The molecular formula is C36H25N7Na3O10S3. The van der Waals surface area contributed by atoms with E-state index in [0.29, 0.717) is 16.8 Å². The molecule has 7 aromatic rings. The van der Waals surface area contributed by atoms with Gasteiger partial charge in [-0.05, 0) is 78.9 Å². The number of nitrogens with two attached hydrogens (primary N) is 1. The molecule has 0 aliphatic carbocycles. The second kappa shape index (κ2) is 19.0. The molecule has 0 heterocycles. The standard InChI is InChI=1S/C36H25N7O10S3.3Na/c37-20-5-7-21(8-6-20)38-39-32-15-13-30(24-11-9-22(17-28(24)32)54(45,46)47)40-42-33-16-14-31(25-12-10-23(18-29(25)33)55(48,49)50)41-43-34-19-35(56(51,52)53)26-3-1-2-4-27(26)36(34)44;;;/h1-19,44H,37H2,(H,45,46,47)(H,48,49,50)(H,51,52,53);;;. The molecular weight excluding hydrogens is 856 g/mol. The largest absolute Gasteiger partial charge is 0.505 e. The van der Waals surface area contributed by atoms with Crippen LogP contribution >= 0.6 is 0 Å². The molecule has 0 amide bonds. The molecule has 0 aliphatic rings. The summed E-state index contributed by atoms with van der Waals surface area (Å²) in [5, 5.41) is 37.3. The fourth-order valence-electron chi connectivity index (χ4n) is 5.73. The van der Waals surface area contributed by atoms with Crippen molar-refractivity contribution in [1.82, 2.24) is 0 Å². The summed E-state index contributed by atoms with van der Waals surface area (Å²) in [6, 6.07) is 26.5. The van der Waals surface area contributed by atoms with Crippen molar-refractivity contribution in [3.63, 3.8) is 0 Å². The summed E-state index contributed by atoms with van der Waals surface area (Å²) in [5.41, 5.74) is 7.02. The van der Waals surface area contributed by atoms with Gasteiger partial charge in [0.1, 0.15) is 10.6 Å². The summed E-state index contributed by atoms with van der Waals surface area (Å²) in [6.45, 7) is 0. The van der Waals surface area contributed by atoms with Gasteiger partial charge in [0.05, 0.1) is 38.2 Å². The summed E-state index contributed by atoms with van der Waals surface area (Å²) in [6.07, 6.45) is 0. The number of hydrogen-bond acceptors (Lipinski definition) is 14. The van der Waals surface area contributed by atoms with Crippen LogP contribution in [0.5, 0.6) is 5.75 Å². The number of nitrogens with zero attached hydrogens (tertiary/aromatic N) is 6. The fourth-order valence-corrected chi connectivity index (χ4v) is 7.46. The summed E-state index contributed by atoms with van der Waals surface area (Å²) >= 11 is 0. The van der Waals surface area contributed by atoms with Crippen LogP contribution < -0.4 is 5.73 Å². The topological polar surface area (TPSA) is 284 Å². The first kappa shape index (κ1) is 48.1. The Balaban J connectivity index is 0.00000256.